The number of cyclic esters (lactones) is 1. The molecule has 16 atom stereocenters. The van der Waals surface area contributed by atoms with Crippen molar-refractivity contribution in [3.05, 3.63) is 24.3 Å². The molecule has 3 rings (SSSR count). The van der Waals surface area contributed by atoms with E-state index in [1.54, 1.807) is 77.9 Å². The predicted molar refractivity (Wildman–Crippen MR) is 224 cm³/mol. The number of aliphatic hydroxyl groups excluding tert-OH is 1. The minimum Gasteiger partial charge on any atom is -0.462 e. The summed E-state index contributed by atoms with van der Waals surface area (Å²) in [4.78, 5) is 66.1. The molecule has 0 aliphatic carbocycles. The smallest absolute Gasteiger partial charge is 0.309 e. The Hall–Kier alpha value is -3.29. The summed E-state index contributed by atoms with van der Waals surface area (Å²) in [6.07, 6.45) is -4.36. The summed E-state index contributed by atoms with van der Waals surface area (Å²) in [5.41, 5.74) is -1.53. The van der Waals surface area contributed by atoms with Crippen LogP contribution in [0.5, 0.6) is 0 Å². The second-order valence-corrected chi connectivity index (χ2v) is 17.8. The average Bonchev–Trinajstić information content (AvgIpc) is 3.15. The first-order chi connectivity index (χ1) is 29.1. The molecule has 3 aliphatic rings. The van der Waals surface area contributed by atoms with E-state index in [1.807, 2.05) is 20.8 Å². The highest BCUT2D eigenvalue weighted by Crippen LogP contribution is 2.38. The van der Waals surface area contributed by atoms with E-state index in [0.717, 1.165) is 0 Å². The topological polar surface area (TPSA) is 212 Å². The van der Waals surface area contributed by atoms with Crippen LogP contribution >= 0.6 is 0 Å². The molecule has 17 heteroatoms. The van der Waals surface area contributed by atoms with Crippen LogP contribution in [0.2, 0.25) is 0 Å². The van der Waals surface area contributed by atoms with Gasteiger partial charge in [0.05, 0.1) is 36.9 Å². The van der Waals surface area contributed by atoms with Gasteiger partial charge in [-0.3, -0.25) is 19.2 Å². The fraction of sp³-hybridized carbons (Fsp3) is 0.800. The number of nitrogens with zero attached hydrogens (tertiary/aromatic N) is 1. The zero-order valence-corrected chi connectivity index (χ0v) is 38.6. The lowest BCUT2D eigenvalue weighted by Crippen LogP contribution is -2.66. The number of ether oxygens (including phenoxy) is 9. The summed E-state index contributed by atoms with van der Waals surface area (Å²) in [6, 6.07) is -0.777. The maximum Gasteiger partial charge on any atom is 0.309 e. The Morgan fingerprint density at radius 2 is 1.66 bits per heavy atom. The molecule has 2 saturated heterocycles. The first-order valence-electron chi connectivity index (χ1n) is 21.9. The van der Waals surface area contributed by atoms with E-state index in [9.17, 15) is 34.2 Å². The van der Waals surface area contributed by atoms with E-state index >= 15 is 0 Å². The molecule has 0 amide bonds. The van der Waals surface area contributed by atoms with Gasteiger partial charge in [0.2, 0.25) is 0 Å². The van der Waals surface area contributed by atoms with Crippen LogP contribution < -0.4 is 0 Å². The molecular formula is C45H73NO16. The molecule has 2 N–H and O–H groups in total. The normalized spacial score (nSPS) is 37.7. The number of hydrogen-bond acceptors (Lipinski definition) is 17. The van der Waals surface area contributed by atoms with Crippen molar-refractivity contribution >= 4 is 30.2 Å². The Balaban J connectivity index is 2.10. The zero-order chi connectivity index (χ0) is 46.5. The van der Waals surface area contributed by atoms with E-state index in [0.29, 0.717) is 12.7 Å². The van der Waals surface area contributed by atoms with Crippen molar-refractivity contribution in [2.24, 2.45) is 17.8 Å². The number of aldehydes is 1. The van der Waals surface area contributed by atoms with Gasteiger partial charge in [0.1, 0.15) is 36.3 Å². The average molecular weight is 884 g/mol. The number of methoxy groups -OCH3 is 1. The summed E-state index contributed by atoms with van der Waals surface area (Å²) in [7, 11) is 4.89. The molecule has 0 bridgehead atoms. The molecule has 3 aliphatic heterocycles. The van der Waals surface area contributed by atoms with Crippen molar-refractivity contribution in [3.8, 4) is 0 Å². The van der Waals surface area contributed by atoms with Gasteiger partial charge in [-0.05, 0) is 66.0 Å². The monoisotopic (exact) mass is 883 g/mol. The van der Waals surface area contributed by atoms with Crippen LogP contribution in [0.15, 0.2) is 24.3 Å². The van der Waals surface area contributed by atoms with Gasteiger partial charge in [-0.2, -0.15) is 0 Å². The lowest BCUT2D eigenvalue weighted by atomic mass is 9.82. The van der Waals surface area contributed by atoms with Crippen molar-refractivity contribution < 1.29 is 76.8 Å². The van der Waals surface area contributed by atoms with Crippen LogP contribution in [0.1, 0.15) is 107 Å². The highest BCUT2D eigenvalue weighted by atomic mass is 16.7. The van der Waals surface area contributed by atoms with Gasteiger partial charge in [0.15, 0.2) is 24.8 Å². The maximum atomic E-state index is 13.4. The first kappa shape index (κ1) is 53.1. The lowest BCUT2D eigenvalue weighted by molar-refractivity contribution is -0.345. The van der Waals surface area contributed by atoms with E-state index in [2.05, 4.69) is 0 Å². The van der Waals surface area contributed by atoms with Gasteiger partial charge in [-0.1, -0.05) is 52.0 Å². The van der Waals surface area contributed by atoms with Gasteiger partial charge in [-0.25, -0.2) is 0 Å². The molecule has 0 aromatic rings. The fourth-order valence-electron chi connectivity index (χ4n) is 8.41. The van der Waals surface area contributed by atoms with E-state index in [1.165, 1.54) is 14.0 Å². The molecule has 17 nitrogen and oxygen atoms in total. The van der Waals surface area contributed by atoms with Crippen LogP contribution in [0, 0.1) is 17.8 Å². The number of allylic oxidation sites excluding steroid dienone is 2. The zero-order valence-electron chi connectivity index (χ0n) is 38.6. The van der Waals surface area contributed by atoms with E-state index < -0.39 is 127 Å². The Morgan fingerprint density at radius 1 is 0.968 bits per heavy atom. The van der Waals surface area contributed by atoms with Gasteiger partial charge < -0.3 is 62.5 Å². The van der Waals surface area contributed by atoms with Crippen LogP contribution in [0.25, 0.3) is 0 Å². The Morgan fingerprint density at radius 3 is 2.24 bits per heavy atom. The summed E-state index contributed by atoms with van der Waals surface area (Å²) in [5.74, 6) is -3.52. The summed E-state index contributed by atoms with van der Waals surface area (Å²) >= 11 is 0. The van der Waals surface area contributed by atoms with Crippen molar-refractivity contribution in [1.29, 1.82) is 0 Å². The molecule has 0 aromatic carbocycles. The van der Waals surface area contributed by atoms with Crippen LogP contribution in [-0.4, -0.2) is 152 Å². The molecule has 0 unspecified atom stereocenters. The minimum absolute atomic E-state index is 0.00145. The van der Waals surface area contributed by atoms with E-state index in [-0.39, 0.29) is 38.0 Å². The quantitative estimate of drug-likeness (QED) is 0.144. The lowest BCUT2D eigenvalue weighted by Gasteiger charge is -2.51. The summed E-state index contributed by atoms with van der Waals surface area (Å²) in [5, 5.41) is 22.8. The molecule has 62 heavy (non-hydrogen) atoms. The number of aliphatic hydroxyl groups is 2. The van der Waals surface area contributed by atoms with Gasteiger partial charge in [0, 0.05) is 46.1 Å². The van der Waals surface area contributed by atoms with Crippen LogP contribution in [0.3, 0.4) is 0 Å². The Kier molecular flexibility index (Phi) is 21.1. The standard InChI is InChI=1S/C45H73NO16/c1-13-34(50)59-42-38(46(10)11)39(61-37-24-45(9,53)43(29(7)56-37)60-35(51)21-25(2)3)28(6)57-44(42)62-40-31(19-20-47)22-26(4)32(49)18-16-14-15-17-27(5)55-36(52)23-33(41(40)54-12)58-30(8)48/h14-16,18,20,25-29,31-33,37-44,49,53H,13,17,19,21-24H2,1-12H3/t26-,27-,28-,29+,31+,32+,33-,37+,38+,39-,40+,41+,42-,43+,44+,45-/m1/s1. The molecule has 0 spiro atoms. The van der Waals surface area contributed by atoms with E-state index in [4.69, 9.17) is 42.6 Å². The van der Waals surface area contributed by atoms with Crippen LogP contribution in [0.4, 0.5) is 0 Å². The first-order valence-corrected chi connectivity index (χ1v) is 21.9. The fourth-order valence-corrected chi connectivity index (χ4v) is 8.41. The molecule has 354 valence electrons. The third-order valence-electron chi connectivity index (χ3n) is 11.4. The maximum absolute atomic E-state index is 13.4. The second-order valence-electron chi connectivity index (χ2n) is 17.8. The van der Waals surface area contributed by atoms with Crippen LogP contribution in [-0.2, 0) is 66.6 Å². The molecule has 0 radical (unpaired) electrons. The Bertz CT molecular complexity index is 1520. The van der Waals surface area contributed by atoms with Crippen molar-refractivity contribution in [2.75, 3.05) is 21.2 Å². The number of rotatable bonds is 14. The summed E-state index contributed by atoms with van der Waals surface area (Å²) in [6.45, 7) is 15.1. The van der Waals surface area contributed by atoms with Crippen molar-refractivity contribution in [1.82, 2.24) is 4.90 Å². The summed E-state index contributed by atoms with van der Waals surface area (Å²) < 4.78 is 55.5. The van der Waals surface area contributed by atoms with Gasteiger partial charge >= 0.3 is 23.9 Å². The Labute approximate surface area is 367 Å². The van der Waals surface area contributed by atoms with Gasteiger partial charge in [-0.15, -0.1) is 0 Å². The molecule has 0 saturated carbocycles. The van der Waals surface area contributed by atoms with Crippen molar-refractivity contribution in [3.63, 3.8) is 0 Å². The highest BCUT2D eigenvalue weighted by molar-refractivity contribution is 5.72. The molecule has 0 aromatic heterocycles. The highest BCUT2D eigenvalue weighted by Gasteiger charge is 2.54. The number of hydrogen-bond donors (Lipinski definition) is 2. The SMILES string of the molecule is CCC(=O)O[C@H]1[C@H](O[C@H]2[C@@H](CC=O)C[C@@H](C)[C@@H](O)C=CC=CC[C@@H](C)OC(=O)C[C@@H](OC(C)=O)[C@@H]2OC)O[C@H](C)[C@@H](O[C@H]2C[C@@](C)(O)[C@@H](OC(=O)CC(C)C)[C@H](C)O2)[C@@H]1N(C)C. The number of carbonyl (C=O) groups is 5. The number of likely N-dealkylation sites (N-methyl/N-ethyl adjacent to an activating group) is 1. The number of carbonyl (C=O) groups excluding carboxylic acids is 5. The third kappa shape index (κ3) is 15.5. The number of esters is 4. The molecular weight excluding hydrogens is 810 g/mol. The largest absolute Gasteiger partial charge is 0.462 e. The molecule has 2 fully saturated rings. The second kappa shape index (κ2) is 24.7. The molecule has 3 heterocycles. The third-order valence-corrected chi connectivity index (χ3v) is 11.4. The van der Waals surface area contributed by atoms with Gasteiger partial charge in [0.25, 0.3) is 0 Å². The predicted octanol–water partition coefficient (Wildman–Crippen LogP) is 3.97. The van der Waals surface area contributed by atoms with Crippen molar-refractivity contribution in [2.45, 2.75) is 193 Å². The minimum atomic E-state index is -1.53.